The van der Waals surface area contributed by atoms with Gasteiger partial charge in [0.1, 0.15) is 11.6 Å². The standard InChI is InChI=1S/C25H25Cl2FN2O3/c26-15-9-11-16(12-10-15)29-24(31)18-7-3-4-8-19(18)25(32)30-22-14-23(20(27)13-21(22)28)33-17-5-1-2-6-17/h9-14,17H,1-8H2,(H,29,31)(H,30,32). The van der Waals surface area contributed by atoms with E-state index in [1.54, 1.807) is 24.3 Å². The van der Waals surface area contributed by atoms with Crippen LogP contribution in [-0.4, -0.2) is 17.9 Å². The molecule has 0 aromatic heterocycles. The Bertz CT molecular complexity index is 1080. The van der Waals surface area contributed by atoms with Gasteiger partial charge in [-0.25, -0.2) is 4.39 Å². The van der Waals surface area contributed by atoms with E-state index >= 15 is 0 Å². The van der Waals surface area contributed by atoms with Crippen molar-refractivity contribution in [3.05, 3.63) is 63.4 Å². The molecular weight excluding hydrogens is 466 g/mol. The first-order chi connectivity index (χ1) is 15.9. The second kappa shape index (κ2) is 10.6. The van der Waals surface area contributed by atoms with Crippen molar-refractivity contribution in [3.8, 4) is 5.75 Å². The third kappa shape index (κ3) is 5.87. The van der Waals surface area contributed by atoms with Gasteiger partial charge in [-0.05, 0) is 81.7 Å². The molecule has 2 aliphatic rings. The van der Waals surface area contributed by atoms with Crippen molar-refractivity contribution in [1.82, 2.24) is 0 Å². The molecule has 0 unspecified atom stereocenters. The lowest BCUT2D eigenvalue weighted by molar-refractivity contribution is -0.115. The largest absolute Gasteiger partial charge is 0.489 e. The summed E-state index contributed by atoms with van der Waals surface area (Å²) >= 11 is 12.1. The number of ether oxygens (including phenoxy) is 1. The molecule has 33 heavy (non-hydrogen) atoms. The maximum Gasteiger partial charge on any atom is 0.252 e. The molecule has 1 saturated carbocycles. The van der Waals surface area contributed by atoms with Gasteiger partial charge in [-0.3, -0.25) is 9.59 Å². The van der Waals surface area contributed by atoms with Gasteiger partial charge in [0.05, 0.1) is 16.8 Å². The van der Waals surface area contributed by atoms with Crippen LogP contribution in [0.4, 0.5) is 15.8 Å². The number of hydrogen-bond donors (Lipinski definition) is 2. The maximum absolute atomic E-state index is 14.6. The molecule has 1 fully saturated rings. The van der Waals surface area contributed by atoms with Crippen LogP contribution >= 0.6 is 23.2 Å². The molecule has 2 aromatic rings. The van der Waals surface area contributed by atoms with Gasteiger partial charge in [0, 0.05) is 27.9 Å². The summed E-state index contributed by atoms with van der Waals surface area (Å²) in [7, 11) is 0. The number of halogens is 3. The molecule has 0 bridgehead atoms. The first-order valence-electron chi connectivity index (χ1n) is 11.2. The second-order valence-electron chi connectivity index (χ2n) is 8.37. The Kier molecular flexibility index (Phi) is 7.56. The Balaban J connectivity index is 1.53. The van der Waals surface area contributed by atoms with Crippen LogP contribution in [0.5, 0.6) is 5.75 Å². The Morgan fingerprint density at radius 2 is 1.48 bits per heavy atom. The predicted molar refractivity (Wildman–Crippen MR) is 128 cm³/mol. The Morgan fingerprint density at radius 3 is 2.12 bits per heavy atom. The third-order valence-corrected chi connectivity index (χ3v) is 6.53. The molecule has 5 nitrogen and oxygen atoms in total. The van der Waals surface area contributed by atoms with Crippen LogP contribution in [0, 0.1) is 5.82 Å². The van der Waals surface area contributed by atoms with Gasteiger partial charge in [-0.15, -0.1) is 0 Å². The van der Waals surface area contributed by atoms with Gasteiger partial charge < -0.3 is 15.4 Å². The van der Waals surface area contributed by atoms with Gasteiger partial charge in [-0.1, -0.05) is 23.2 Å². The lowest BCUT2D eigenvalue weighted by Gasteiger charge is -2.20. The minimum Gasteiger partial charge on any atom is -0.489 e. The van der Waals surface area contributed by atoms with Gasteiger partial charge >= 0.3 is 0 Å². The molecule has 4 rings (SSSR count). The fraction of sp³-hybridized carbons (Fsp3) is 0.360. The summed E-state index contributed by atoms with van der Waals surface area (Å²) < 4.78 is 20.5. The number of benzene rings is 2. The fourth-order valence-electron chi connectivity index (χ4n) is 4.24. The molecule has 2 aliphatic carbocycles. The molecule has 0 saturated heterocycles. The van der Waals surface area contributed by atoms with Crippen molar-refractivity contribution in [2.45, 2.75) is 57.5 Å². The van der Waals surface area contributed by atoms with E-state index in [9.17, 15) is 14.0 Å². The van der Waals surface area contributed by atoms with E-state index in [2.05, 4.69) is 10.6 Å². The SMILES string of the molecule is O=C(Nc1ccc(Cl)cc1)C1=C(C(=O)Nc2cc(OC3CCCC3)c(Cl)cc2F)CCCC1. The number of amides is 2. The monoisotopic (exact) mass is 490 g/mol. The molecule has 2 amide bonds. The normalized spacial score (nSPS) is 16.6. The number of hydrogen-bond acceptors (Lipinski definition) is 3. The highest BCUT2D eigenvalue weighted by Gasteiger charge is 2.25. The van der Waals surface area contributed by atoms with Gasteiger partial charge in [0.15, 0.2) is 0 Å². The number of carbonyl (C=O) groups is 2. The van der Waals surface area contributed by atoms with Crippen LogP contribution in [0.25, 0.3) is 0 Å². The highest BCUT2D eigenvalue weighted by Crippen LogP contribution is 2.35. The van der Waals surface area contributed by atoms with E-state index < -0.39 is 11.7 Å². The van der Waals surface area contributed by atoms with Crippen LogP contribution in [0.2, 0.25) is 10.0 Å². The van der Waals surface area contributed by atoms with Crippen molar-refractivity contribution < 1.29 is 18.7 Å². The van der Waals surface area contributed by atoms with E-state index in [0.717, 1.165) is 44.6 Å². The van der Waals surface area contributed by atoms with Crippen LogP contribution in [0.1, 0.15) is 51.4 Å². The van der Waals surface area contributed by atoms with E-state index in [0.29, 0.717) is 40.4 Å². The highest BCUT2D eigenvalue weighted by molar-refractivity contribution is 6.32. The zero-order valence-corrected chi connectivity index (χ0v) is 19.6. The molecule has 2 N–H and O–H groups in total. The summed E-state index contributed by atoms with van der Waals surface area (Å²) in [6.45, 7) is 0. The predicted octanol–water partition coefficient (Wildman–Crippen LogP) is 6.90. The number of carbonyl (C=O) groups excluding carboxylic acids is 2. The summed E-state index contributed by atoms with van der Waals surface area (Å²) in [6.07, 6.45) is 6.55. The summed E-state index contributed by atoms with van der Waals surface area (Å²) in [6, 6.07) is 9.30. The molecule has 0 spiro atoms. The number of rotatable bonds is 6. The Hall–Kier alpha value is -2.57. The number of nitrogens with one attached hydrogen (secondary N) is 2. The minimum absolute atomic E-state index is 0.0204. The molecule has 0 atom stereocenters. The molecule has 0 heterocycles. The summed E-state index contributed by atoms with van der Waals surface area (Å²) in [5, 5.41) is 6.16. The van der Waals surface area contributed by atoms with E-state index in [4.69, 9.17) is 27.9 Å². The smallest absolute Gasteiger partial charge is 0.252 e. The van der Waals surface area contributed by atoms with Crippen LogP contribution < -0.4 is 15.4 Å². The van der Waals surface area contributed by atoms with Crippen molar-refractivity contribution in [3.63, 3.8) is 0 Å². The first-order valence-corrected chi connectivity index (χ1v) is 11.9. The molecule has 2 aromatic carbocycles. The van der Waals surface area contributed by atoms with Crippen LogP contribution in [0.15, 0.2) is 47.5 Å². The zero-order valence-electron chi connectivity index (χ0n) is 18.1. The Labute approximate surface area is 202 Å². The average Bonchev–Trinajstić information content (AvgIpc) is 3.31. The summed E-state index contributed by atoms with van der Waals surface area (Å²) in [4.78, 5) is 26.0. The second-order valence-corrected chi connectivity index (χ2v) is 9.21. The molecule has 174 valence electrons. The molecular formula is C25H25Cl2FN2O3. The Morgan fingerprint density at radius 1 is 0.879 bits per heavy atom. The maximum atomic E-state index is 14.6. The quantitative estimate of drug-likeness (QED) is 0.462. The lowest BCUT2D eigenvalue weighted by atomic mass is 9.90. The fourth-order valence-corrected chi connectivity index (χ4v) is 4.57. The van der Waals surface area contributed by atoms with Gasteiger partial charge in [-0.2, -0.15) is 0 Å². The van der Waals surface area contributed by atoms with Crippen molar-refractivity contribution in [1.29, 1.82) is 0 Å². The summed E-state index contributed by atoms with van der Waals surface area (Å²) in [5.74, 6) is -1.15. The molecule has 0 radical (unpaired) electrons. The van der Waals surface area contributed by atoms with Crippen molar-refractivity contribution in [2.24, 2.45) is 0 Å². The first kappa shape index (κ1) is 23.6. The lowest BCUT2D eigenvalue weighted by Crippen LogP contribution is -2.25. The van der Waals surface area contributed by atoms with E-state index in [-0.39, 0.29) is 22.7 Å². The average molecular weight is 491 g/mol. The third-order valence-electron chi connectivity index (χ3n) is 5.98. The van der Waals surface area contributed by atoms with E-state index in [1.165, 1.54) is 6.07 Å². The van der Waals surface area contributed by atoms with Crippen molar-refractivity contribution in [2.75, 3.05) is 10.6 Å². The molecule has 8 heteroatoms. The summed E-state index contributed by atoms with van der Waals surface area (Å²) in [5.41, 5.74) is 1.33. The van der Waals surface area contributed by atoms with Crippen molar-refractivity contribution >= 4 is 46.4 Å². The molecule has 0 aliphatic heterocycles. The minimum atomic E-state index is -0.657. The van der Waals surface area contributed by atoms with Gasteiger partial charge in [0.25, 0.3) is 11.8 Å². The topological polar surface area (TPSA) is 67.4 Å². The zero-order chi connectivity index (χ0) is 23.4. The number of anilines is 2. The van der Waals surface area contributed by atoms with Gasteiger partial charge in [0.2, 0.25) is 0 Å². The van der Waals surface area contributed by atoms with E-state index in [1.807, 2.05) is 0 Å². The highest BCUT2D eigenvalue weighted by atomic mass is 35.5. The van der Waals surface area contributed by atoms with Crippen LogP contribution in [0.3, 0.4) is 0 Å². The van der Waals surface area contributed by atoms with Crippen LogP contribution in [-0.2, 0) is 9.59 Å².